The summed E-state index contributed by atoms with van der Waals surface area (Å²) >= 11 is 0. The molecular formula is C19H32IN5O2. The minimum Gasteiger partial charge on any atom is -0.357 e. The van der Waals surface area contributed by atoms with E-state index in [2.05, 4.69) is 15.6 Å². The minimum atomic E-state index is -0.108. The van der Waals surface area contributed by atoms with Crippen LogP contribution in [0.1, 0.15) is 36.7 Å². The number of carbonyl (C=O) groups excluding carboxylic acids is 2. The number of nitrogens with zero attached hydrogens (tertiary/aromatic N) is 3. The number of hydrogen-bond donors (Lipinski definition) is 2. The molecule has 0 aliphatic heterocycles. The van der Waals surface area contributed by atoms with Crippen molar-refractivity contribution in [3.8, 4) is 0 Å². The molecule has 7 nitrogen and oxygen atoms in total. The number of hydrogen-bond acceptors (Lipinski definition) is 3. The van der Waals surface area contributed by atoms with Gasteiger partial charge in [0.25, 0.3) is 5.91 Å². The smallest absolute Gasteiger partial charge is 0.251 e. The summed E-state index contributed by atoms with van der Waals surface area (Å²) in [7, 11) is 3.47. The third-order valence-electron chi connectivity index (χ3n) is 4.04. The summed E-state index contributed by atoms with van der Waals surface area (Å²) in [5, 5.41) is 5.81. The minimum absolute atomic E-state index is 0. The van der Waals surface area contributed by atoms with Crippen LogP contribution in [0.3, 0.4) is 0 Å². The summed E-state index contributed by atoms with van der Waals surface area (Å²) in [6.45, 7) is 8.82. The van der Waals surface area contributed by atoms with Gasteiger partial charge in [-0.15, -0.1) is 24.0 Å². The zero-order chi connectivity index (χ0) is 19.5. The number of carbonyl (C=O) groups is 2. The van der Waals surface area contributed by atoms with Crippen LogP contribution in [-0.4, -0.2) is 67.8 Å². The van der Waals surface area contributed by atoms with E-state index in [-0.39, 0.29) is 42.3 Å². The highest BCUT2D eigenvalue weighted by Gasteiger charge is 2.15. The number of aliphatic imine (C=N–C) groups is 1. The quantitative estimate of drug-likeness (QED) is 0.333. The molecule has 0 saturated heterocycles. The van der Waals surface area contributed by atoms with Gasteiger partial charge in [-0.1, -0.05) is 12.1 Å². The zero-order valence-corrected chi connectivity index (χ0v) is 19.2. The van der Waals surface area contributed by atoms with Crippen molar-refractivity contribution in [3.05, 3.63) is 35.4 Å². The molecule has 2 amide bonds. The first-order chi connectivity index (χ1) is 12.5. The lowest BCUT2D eigenvalue weighted by atomic mass is 10.1. The Kier molecular flexibility index (Phi) is 12.4. The Morgan fingerprint density at radius 2 is 1.67 bits per heavy atom. The van der Waals surface area contributed by atoms with Gasteiger partial charge in [-0.2, -0.15) is 0 Å². The summed E-state index contributed by atoms with van der Waals surface area (Å²) in [6.07, 6.45) is 0. The molecule has 8 heteroatoms. The van der Waals surface area contributed by atoms with E-state index < -0.39 is 0 Å². The largest absolute Gasteiger partial charge is 0.357 e. The number of halogens is 1. The molecule has 1 aromatic rings. The number of amides is 2. The first-order valence-corrected chi connectivity index (χ1v) is 9.04. The SMILES string of the molecule is CCNC(=NCc1ccc(C(=O)NC)cc1)N(C)CC(=O)N(CC)CC.I. The number of benzene rings is 1. The Morgan fingerprint density at radius 3 is 2.15 bits per heavy atom. The topological polar surface area (TPSA) is 77.0 Å². The average molecular weight is 489 g/mol. The highest BCUT2D eigenvalue weighted by Crippen LogP contribution is 2.06. The van der Waals surface area contributed by atoms with E-state index in [1.165, 1.54) is 0 Å². The van der Waals surface area contributed by atoms with Crippen LogP contribution in [0.25, 0.3) is 0 Å². The van der Waals surface area contributed by atoms with Gasteiger partial charge in [-0.25, -0.2) is 4.99 Å². The fourth-order valence-corrected chi connectivity index (χ4v) is 2.50. The van der Waals surface area contributed by atoms with Gasteiger partial charge in [0.2, 0.25) is 5.91 Å². The van der Waals surface area contributed by atoms with Crippen molar-refractivity contribution in [2.45, 2.75) is 27.3 Å². The van der Waals surface area contributed by atoms with E-state index in [4.69, 9.17) is 0 Å². The molecule has 0 heterocycles. The van der Waals surface area contributed by atoms with Crippen LogP contribution in [0.5, 0.6) is 0 Å². The highest BCUT2D eigenvalue weighted by atomic mass is 127. The molecule has 0 atom stereocenters. The maximum Gasteiger partial charge on any atom is 0.251 e. The lowest BCUT2D eigenvalue weighted by molar-refractivity contribution is -0.131. The van der Waals surface area contributed by atoms with E-state index in [1.54, 1.807) is 24.1 Å². The second-order valence-electron chi connectivity index (χ2n) is 5.87. The van der Waals surface area contributed by atoms with Gasteiger partial charge in [0, 0.05) is 39.3 Å². The molecule has 0 spiro atoms. The molecule has 0 saturated carbocycles. The maximum atomic E-state index is 12.3. The summed E-state index contributed by atoms with van der Waals surface area (Å²) in [6, 6.07) is 7.34. The Bertz CT molecular complexity index is 615. The zero-order valence-electron chi connectivity index (χ0n) is 16.9. The summed E-state index contributed by atoms with van der Waals surface area (Å²) in [4.78, 5) is 32.1. The van der Waals surface area contributed by atoms with Crippen molar-refractivity contribution in [2.75, 3.05) is 40.3 Å². The van der Waals surface area contributed by atoms with Crippen LogP contribution in [0.15, 0.2) is 29.3 Å². The second-order valence-corrected chi connectivity index (χ2v) is 5.87. The normalized spacial score (nSPS) is 10.6. The van der Waals surface area contributed by atoms with Crippen LogP contribution in [0.2, 0.25) is 0 Å². The fourth-order valence-electron chi connectivity index (χ4n) is 2.50. The molecule has 0 unspecified atom stereocenters. The third kappa shape index (κ3) is 8.15. The monoisotopic (exact) mass is 489 g/mol. The first kappa shape index (κ1) is 25.2. The third-order valence-corrected chi connectivity index (χ3v) is 4.04. The highest BCUT2D eigenvalue weighted by molar-refractivity contribution is 14.0. The molecule has 1 aromatic carbocycles. The Hall–Kier alpha value is -1.84. The van der Waals surface area contributed by atoms with Gasteiger partial charge in [0.05, 0.1) is 13.1 Å². The number of guanidine groups is 1. The lowest BCUT2D eigenvalue weighted by Crippen LogP contribution is -2.45. The summed E-state index contributed by atoms with van der Waals surface area (Å²) in [5.74, 6) is 0.657. The first-order valence-electron chi connectivity index (χ1n) is 9.04. The standard InChI is InChI=1S/C19H31N5O2.HI/c1-6-21-19(23(5)14-17(25)24(7-2)8-3)22-13-15-9-11-16(12-10-15)18(26)20-4;/h9-12H,6-8,13-14H2,1-5H3,(H,20,26)(H,21,22);1H. The van der Waals surface area contributed by atoms with E-state index >= 15 is 0 Å². The van der Waals surface area contributed by atoms with Gasteiger partial charge >= 0.3 is 0 Å². The fraction of sp³-hybridized carbons (Fsp3) is 0.526. The van der Waals surface area contributed by atoms with Crippen LogP contribution in [0.4, 0.5) is 0 Å². The molecule has 0 radical (unpaired) electrons. The van der Waals surface area contributed by atoms with Gasteiger partial charge in [-0.3, -0.25) is 9.59 Å². The molecule has 152 valence electrons. The predicted molar refractivity (Wildman–Crippen MR) is 121 cm³/mol. The number of rotatable bonds is 8. The van der Waals surface area contributed by atoms with E-state index in [1.807, 2.05) is 44.9 Å². The lowest BCUT2D eigenvalue weighted by Gasteiger charge is -2.25. The van der Waals surface area contributed by atoms with E-state index in [0.717, 1.165) is 12.1 Å². The van der Waals surface area contributed by atoms with E-state index in [0.29, 0.717) is 31.2 Å². The predicted octanol–water partition coefficient (Wildman–Crippen LogP) is 1.93. The molecular weight excluding hydrogens is 457 g/mol. The molecule has 0 bridgehead atoms. The maximum absolute atomic E-state index is 12.3. The van der Waals surface area contributed by atoms with Crippen molar-refractivity contribution in [3.63, 3.8) is 0 Å². The van der Waals surface area contributed by atoms with Crippen LogP contribution in [-0.2, 0) is 11.3 Å². The van der Waals surface area contributed by atoms with Gasteiger partial charge in [0.15, 0.2) is 5.96 Å². The number of nitrogens with one attached hydrogen (secondary N) is 2. The Balaban J connectivity index is 0.00000676. The van der Waals surface area contributed by atoms with Crippen molar-refractivity contribution < 1.29 is 9.59 Å². The molecule has 2 N–H and O–H groups in total. The average Bonchev–Trinajstić information content (AvgIpc) is 2.65. The van der Waals surface area contributed by atoms with Crippen LogP contribution < -0.4 is 10.6 Å². The van der Waals surface area contributed by atoms with Crippen molar-refractivity contribution in [1.29, 1.82) is 0 Å². The summed E-state index contributed by atoms with van der Waals surface area (Å²) < 4.78 is 0. The van der Waals surface area contributed by atoms with Gasteiger partial charge in [-0.05, 0) is 38.5 Å². The molecule has 0 fully saturated rings. The molecule has 0 aromatic heterocycles. The van der Waals surface area contributed by atoms with Gasteiger partial charge < -0.3 is 20.4 Å². The van der Waals surface area contributed by atoms with Crippen LogP contribution in [0, 0.1) is 0 Å². The van der Waals surface area contributed by atoms with Crippen LogP contribution >= 0.6 is 24.0 Å². The molecule has 0 aliphatic carbocycles. The molecule has 1 rings (SSSR count). The summed E-state index contributed by atoms with van der Waals surface area (Å²) in [5.41, 5.74) is 1.62. The van der Waals surface area contributed by atoms with Crippen molar-refractivity contribution in [2.24, 2.45) is 4.99 Å². The second kappa shape index (κ2) is 13.3. The van der Waals surface area contributed by atoms with E-state index in [9.17, 15) is 9.59 Å². The Labute approximate surface area is 179 Å². The van der Waals surface area contributed by atoms with Crippen molar-refractivity contribution in [1.82, 2.24) is 20.4 Å². The number of likely N-dealkylation sites (N-methyl/N-ethyl adjacent to an activating group) is 2. The van der Waals surface area contributed by atoms with Gasteiger partial charge in [0.1, 0.15) is 0 Å². The Morgan fingerprint density at radius 1 is 1.07 bits per heavy atom. The molecule has 27 heavy (non-hydrogen) atoms. The molecule has 0 aliphatic rings. The van der Waals surface area contributed by atoms with Crippen molar-refractivity contribution >= 4 is 41.8 Å².